The number of hydrogen-bond acceptors (Lipinski definition) is 6. The van der Waals surface area contributed by atoms with Crippen LogP contribution in [0.4, 0.5) is 0 Å². The molecule has 1 aliphatic heterocycles. The predicted octanol–water partition coefficient (Wildman–Crippen LogP) is 5.32. The minimum absolute atomic E-state index is 0.0769. The number of hydrogen-bond donors (Lipinski definition) is 0. The number of benzene rings is 2. The van der Waals surface area contributed by atoms with Gasteiger partial charge in [-0.05, 0) is 56.0 Å². The topological polar surface area (TPSA) is 78.2 Å². The molecule has 7 heteroatoms. The van der Waals surface area contributed by atoms with Crippen LogP contribution in [0.2, 0.25) is 0 Å². The molecule has 0 spiro atoms. The van der Waals surface area contributed by atoms with Crippen molar-refractivity contribution in [2.45, 2.75) is 26.7 Å². The maximum absolute atomic E-state index is 13.0. The zero-order valence-corrected chi connectivity index (χ0v) is 20.6. The summed E-state index contributed by atoms with van der Waals surface area (Å²) >= 11 is 0. The average molecular weight is 478 g/mol. The van der Waals surface area contributed by atoms with Crippen molar-refractivity contribution in [3.63, 3.8) is 0 Å². The van der Waals surface area contributed by atoms with Crippen molar-refractivity contribution in [2.24, 2.45) is 5.92 Å². The molecule has 1 aliphatic rings. The molecule has 0 bridgehead atoms. The minimum atomic E-state index is -0.203. The Bertz CT molecular complexity index is 1230. The largest absolute Gasteiger partial charge is 0.496 e. The highest BCUT2D eigenvalue weighted by Crippen LogP contribution is 2.38. The Kier molecular flexibility index (Phi) is 7.44. The Labute approximate surface area is 205 Å². The standard InChI is InChI=1S/C28H31NO6/c1-5-34-21-8-6-19(7-9-21)24-17-35-26-16-25(32-3)22(15-23(24)26)18(2)14-27(30)29-12-10-20(11-13-29)28(31)33-4/h6-9,14-17,20H,5,10-13H2,1-4H3/b18-14+. The zero-order valence-electron chi connectivity index (χ0n) is 20.6. The molecule has 3 aromatic rings. The fourth-order valence-corrected chi connectivity index (χ4v) is 4.51. The van der Waals surface area contributed by atoms with Gasteiger partial charge < -0.3 is 23.5 Å². The lowest BCUT2D eigenvalue weighted by Gasteiger charge is -2.30. The molecule has 0 unspecified atom stereocenters. The number of ether oxygens (including phenoxy) is 3. The van der Waals surface area contributed by atoms with Crippen molar-refractivity contribution >= 4 is 28.4 Å². The van der Waals surface area contributed by atoms with Crippen molar-refractivity contribution in [2.75, 3.05) is 33.9 Å². The molecule has 2 aromatic carbocycles. The van der Waals surface area contributed by atoms with Gasteiger partial charge in [0, 0.05) is 41.7 Å². The molecule has 1 saturated heterocycles. The van der Waals surface area contributed by atoms with Gasteiger partial charge in [-0.3, -0.25) is 9.59 Å². The van der Waals surface area contributed by atoms with E-state index in [9.17, 15) is 9.59 Å². The van der Waals surface area contributed by atoms with Gasteiger partial charge >= 0.3 is 5.97 Å². The van der Waals surface area contributed by atoms with Crippen LogP contribution in [0, 0.1) is 5.92 Å². The van der Waals surface area contributed by atoms with Gasteiger partial charge in [-0.1, -0.05) is 12.1 Å². The summed E-state index contributed by atoms with van der Waals surface area (Å²) in [6.45, 7) is 5.53. The monoisotopic (exact) mass is 477 g/mol. The smallest absolute Gasteiger partial charge is 0.308 e. The molecule has 0 radical (unpaired) electrons. The van der Waals surface area contributed by atoms with E-state index >= 15 is 0 Å². The summed E-state index contributed by atoms with van der Waals surface area (Å²) in [5.74, 6) is 1.03. The Hall–Kier alpha value is -3.74. The molecule has 35 heavy (non-hydrogen) atoms. The lowest BCUT2D eigenvalue weighted by atomic mass is 9.96. The second kappa shape index (κ2) is 10.7. The minimum Gasteiger partial charge on any atom is -0.496 e. The molecule has 0 N–H and O–H groups in total. The normalized spacial score (nSPS) is 14.7. The van der Waals surface area contributed by atoms with Crippen molar-refractivity contribution in [1.29, 1.82) is 0 Å². The first kappa shape index (κ1) is 24.4. The number of likely N-dealkylation sites (tertiary alicyclic amines) is 1. The van der Waals surface area contributed by atoms with Crippen LogP contribution in [0.5, 0.6) is 11.5 Å². The van der Waals surface area contributed by atoms with E-state index in [2.05, 4.69) is 0 Å². The number of esters is 1. The molecule has 1 aromatic heterocycles. The van der Waals surface area contributed by atoms with E-state index in [0.29, 0.717) is 43.9 Å². The third-order valence-corrected chi connectivity index (χ3v) is 6.48. The third kappa shape index (κ3) is 5.19. The maximum atomic E-state index is 13.0. The van der Waals surface area contributed by atoms with E-state index in [1.165, 1.54) is 7.11 Å². The molecule has 1 amide bonds. The van der Waals surface area contributed by atoms with Gasteiger partial charge in [-0.15, -0.1) is 0 Å². The van der Waals surface area contributed by atoms with Gasteiger partial charge in [0.15, 0.2) is 0 Å². The Morgan fingerprint density at radius 3 is 2.46 bits per heavy atom. The van der Waals surface area contributed by atoms with Crippen LogP contribution >= 0.6 is 0 Å². The Morgan fingerprint density at radius 2 is 1.83 bits per heavy atom. The number of fused-ring (bicyclic) bond motifs is 1. The lowest BCUT2D eigenvalue weighted by Crippen LogP contribution is -2.39. The number of amides is 1. The van der Waals surface area contributed by atoms with Crippen molar-refractivity contribution in [3.05, 3.63) is 54.3 Å². The van der Waals surface area contributed by atoms with Crippen LogP contribution in [-0.4, -0.2) is 50.7 Å². The maximum Gasteiger partial charge on any atom is 0.308 e. The molecule has 0 atom stereocenters. The highest BCUT2D eigenvalue weighted by molar-refractivity contribution is 6.00. The van der Waals surface area contributed by atoms with E-state index in [-0.39, 0.29) is 17.8 Å². The van der Waals surface area contributed by atoms with Gasteiger partial charge in [0.05, 0.1) is 33.0 Å². The molecule has 2 heterocycles. The Morgan fingerprint density at radius 1 is 1.11 bits per heavy atom. The molecule has 0 aliphatic carbocycles. The van der Waals surface area contributed by atoms with Crippen LogP contribution in [0.15, 0.2) is 53.2 Å². The first-order valence-corrected chi connectivity index (χ1v) is 11.8. The molecule has 184 valence electrons. The van der Waals surface area contributed by atoms with Crippen molar-refractivity contribution < 1.29 is 28.2 Å². The first-order chi connectivity index (χ1) is 16.9. The van der Waals surface area contributed by atoms with E-state index < -0.39 is 0 Å². The molecule has 4 rings (SSSR count). The summed E-state index contributed by atoms with van der Waals surface area (Å²) in [6, 6.07) is 11.7. The summed E-state index contributed by atoms with van der Waals surface area (Å²) in [4.78, 5) is 26.5. The van der Waals surface area contributed by atoms with Gasteiger partial charge in [0.2, 0.25) is 5.91 Å². The van der Waals surface area contributed by atoms with Gasteiger partial charge in [-0.2, -0.15) is 0 Å². The summed E-state index contributed by atoms with van der Waals surface area (Å²) in [5, 5.41) is 0.934. The van der Waals surface area contributed by atoms with Gasteiger partial charge in [-0.25, -0.2) is 0 Å². The fraction of sp³-hybridized carbons (Fsp3) is 0.357. The Balaban J connectivity index is 1.60. The van der Waals surface area contributed by atoms with Crippen molar-refractivity contribution in [3.8, 4) is 22.6 Å². The third-order valence-electron chi connectivity index (χ3n) is 6.48. The van der Waals surface area contributed by atoms with Gasteiger partial charge in [0.1, 0.15) is 17.1 Å². The van der Waals surface area contributed by atoms with Crippen LogP contribution in [0.3, 0.4) is 0 Å². The highest BCUT2D eigenvalue weighted by atomic mass is 16.5. The van der Waals surface area contributed by atoms with Crippen LogP contribution in [0.1, 0.15) is 32.3 Å². The second-order valence-corrected chi connectivity index (χ2v) is 8.61. The molecule has 0 saturated carbocycles. The number of carbonyl (C=O) groups is 2. The van der Waals surface area contributed by atoms with Gasteiger partial charge in [0.25, 0.3) is 0 Å². The number of methoxy groups -OCH3 is 2. The molecular weight excluding hydrogens is 446 g/mol. The second-order valence-electron chi connectivity index (χ2n) is 8.61. The number of carbonyl (C=O) groups excluding carboxylic acids is 2. The van der Waals surface area contributed by atoms with E-state index in [1.807, 2.05) is 50.2 Å². The van der Waals surface area contributed by atoms with E-state index in [4.69, 9.17) is 18.6 Å². The molecule has 1 fully saturated rings. The van der Waals surface area contributed by atoms with Crippen LogP contribution in [-0.2, 0) is 14.3 Å². The zero-order chi connectivity index (χ0) is 24.9. The quantitative estimate of drug-likeness (QED) is 0.338. The summed E-state index contributed by atoms with van der Waals surface area (Å²) < 4.78 is 21.8. The summed E-state index contributed by atoms with van der Waals surface area (Å²) in [5.41, 5.74) is 4.29. The molecular formula is C28H31NO6. The van der Waals surface area contributed by atoms with Crippen molar-refractivity contribution in [1.82, 2.24) is 4.90 Å². The molecule has 7 nitrogen and oxygen atoms in total. The summed E-state index contributed by atoms with van der Waals surface area (Å²) in [6.07, 6.45) is 4.60. The van der Waals surface area contributed by atoms with E-state index in [1.54, 1.807) is 24.3 Å². The highest BCUT2D eigenvalue weighted by Gasteiger charge is 2.27. The SMILES string of the molecule is CCOc1ccc(-c2coc3cc(OC)c(/C(C)=C/C(=O)N4CCC(C(=O)OC)CC4)cc23)cc1. The predicted molar refractivity (Wildman–Crippen MR) is 134 cm³/mol. The number of nitrogens with zero attached hydrogens (tertiary/aromatic N) is 1. The number of allylic oxidation sites excluding steroid dienone is 1. The van der Waals surface area contributed by atoms with Crippen LogP contribution in [0.25, 0.3) is 27.7 Å². The first-order valence-electron chi connectivity index (χ1n) is 11.8. The van der Waals surface area contributed by atoms with E-state index in [0.717, 1.165) is 33.4 Å². The van der Waals surface area contributed by atoms with Crippen LogP contribution < -0.4 is 9.47 Å². The number of rotatable bonds is 7. The average Bonchev–Trinajstić information content (AvgIpc) is 3.31. The fourth-order valence-electron chi connectivity index (χ4n) is 4.51. The number of furan rings is 1. The number of piperidine rings is 1. The summed E-state index contributed by atoms with van der Waals surface area (Å²) in [7, 11) is 3.01. The lowest BCUT2D eigenvalue weighted by molar-refractivity contribution is -0.148.